The van der Waals surface area contributed by atoms with Crippen LogP contribution in [-0.4, -0.2) is 71.3 Å². The van der Waals surface area contributed by atoms with Gasteiger partial charge in [0.25, 0.3) is 23.6 Å². The average Bonchev–Trinajstić information content (AvgIpc) is 0.673. The van der Waals surface area contributed by atoms with Crippen LogP contribution in [0.4, 0.5) is 0 Å². The smallest absolute Gasteiger partial charge is 0.261 e. The molecule has 0 atom stereocenters. The van der Waals surface area contributed by atoms with Crippen molar-refractivity contribution in [2.45, 2.75) is 132 Å². The summed E-state index contributed by atoms with van der Waals surface area (Å²) in [6, 6.07) is 35.4. The molecule has 0 saturated carbocycles. The van der Waals surface area contributed by atoms with Crippen molar-refractivity contribution in [1.29, 1.82) is 0 Å². The van der Waals surface area contributed by atoms with Gasteiger partial charge in [-0.1, -0.05) is 120 Å². The standard InChI is InChI=1S/C33H27N2O4.C29H22NO2.C26H20.3W.5Y/c1-11-10-18-20-12(2)15(5)24-29-25(33(39)35(9)32(24)38)17(7)14(4)22(28(20)29)21-13(3)16(6)23-27(26(18)21)19(11)30(36)34(8)31(23)37;1-12-8-18-10-13(2)15(4)22-20-11-14(3)21-27-24(29(32)30(7)28(21)31)17(6)16(5)23(26(20)27)19(9-12)25(18)22;1-13-7-19-11-15(3)18(6)24-22-10-14(2)8-20-12-16(4)17(5)23(26(20)22)21(9-13)25(19)24;;;;;;;;/h1-9H3;10H,1-7H3;7-8H,1-6H3;;;;;;;;/q-1;-3;-4;;;;;;;;. The van der Waals surface area contributed by atoms with Gasteiger partial charge in [0.1, 0.15) is 0 Å². The molecule has 0 saturated heterocycles. The zero-order valence-corrected chi connectivity index (χ0v) is 86.1. The molecule has 0 bridgehead atoms. The molecular weight excluding hydrogens is 2190 g/mol. The van der Waals surface area contributed by atoms with Crippen molar-refractivity contribution in [1.82, 2.24) is 14.7 Å². The Balaban J connectivity index is 0.000000195. The van der Waals surface area contributed by atoms with E-state index >= 15 is 0 Å². The summed E-state index contributed by atoms with van der Waals surface area (Å²) >= 11 is 0. The number of hydrogen-bond donors (Lipinski definition) is 0. The number of aryl methyl sites for hydroxylation is 15. The molecule has 513 valence electrons. The topological polar surface area (TPSA) is 112 Å². The van der Waals surface area contributed by atoms with Crippen molar-refractivity contribution in [2.75, 3.05) is 21.1 Å². The van der Waals surface area contributed by atoms with E-state index < -0.39 is 0 Å². The van der Waals surface area contributed by atoms with Gasteiger partial charge in [-0.3, -0.25) is 61.0 Å². The largest absolute Gasteiger partial charge is 0.286 e. The molecule has 5 radical (unpaired) electrons. The van der Waals surface area contributed by atoms with Crippen molar-refractivity contribution in [3.05, 3.63) is 206 Å². The molecule has 3 aliphatic rings. The Morgan fingerprint density at radius 3 is 0.867 bits per heavy atom. The van der Waals surface area contributed by atoms with Crippen LogP contribution in [0.25, 0.3) is 129 Å². The SMILES string of the molecule is Cc1[c-]c2c3c(C)c(C)[c-]c4cc(C)[c-]c(c5c(C)c(C)[c-]c(c1)c25)c43.Cc1[c-]c2c3c(C)c(C)c4c5c(c(C)c(C)c(c6c(C)c(C)c7c(c1C(=O)N(C)C7=O)c26)c53)C(=O)N(C)C4=O.Cc1[c-]c2cc(C)c(C)c3c4[c-]c(C)c5c6c(c(C)c(C)c(c([c-]1)c23)c64)C(=O)N(C)C5=O.[W].[W].[W].[Y].[Y].[Y].[Y].[Y]. The van der Waals surface area contributed by atoms with Crippen LogP contribution >= 0.6 is 0 Å². The molecule has 0 N–H and O–H groups in total. The van der Waals surface area contributed by atoms with Crippen molar-refractivity contribution >= 4 is 165 Å². The molecule has 3 heterocycles. The second-order valence-corrected chi connectivity index (χ2v) is 28.4. The van der Waals surface area contributed by atoms with E-state index in [0.717, 1.165) is 142 Å². The van der Waals surface area contributed by atoms with Gasteiger partial charge in [0.15, 0.2) is 0 Å². The molecule has 18 rings (SSSR count). The van der Waals surface area contributed by atoms with Crippen LogP contribution in [0.5, 0.6) is 0 Å². The van der Waals surface area contributed by atoms with Gasteiger partial charge in [0, 0.05) is 259 Å². The minimum absolute atomic E-state index is 0. The number of benzene rings is 15. The summed E-state index contributed by atoms with van der Waals surface area (Å²) in [6.07, 6.45) is 0. The van der Waals surface area contributed by atoms with Crippen LogP contribution < -0.4 is 0 Å². The molecule has 15 aromatic rings. The number of amides is 6. The predicted octanol–water partition coefficient (Wildman–Crippen LogP) is 19.1. The molecule has 105 heavy (non-hydrogen) atoms. The van der Waals surface area contributed by atoms with E-state index in [-0.39, 0.29) is 262 Å². The number of rotatable bonds is 0. The van der Waals surface area contributed by atoms with Gasteiger partial charge < -0.3 is 0 Å². The predicted molar refractivity (Wildman–Crippen MR) is 393 cm³/mol. The summed E-state index contributed by atoms with van der Waals surface area (Å²) in [6.45, 7) is 39.0. The zero-order valence-electron chi connectivity index (χ0n) is 63.1. The molecule has 0 unspecified atom stereocenters. The molecule has 6 amide bonds. The van der Waals surface area contributed by atoms with Crippen molar-refractivity contribution < 1.29 is 256 Å². The maximum Gasteiger partial charge on any atom is 0.261 e. The third-order valence-electron chi connectivity index (χ3n) is 23.1. The first kappa shape index (κ1) is 87.8. The Labute approximate surface area is 781 Å². The Kier molecular flexibility index (Phi) is 25.6. The van der Waals surface area contributed by atoms with Crippen LogP contribution in [0, 0.1) is 180 Å². The normalized spacial score (nSPS) is 13.1. The van der Waals surface area contributed by atoms with Crippen LogP contribution in [0.2, 0.25) is 0 Å². The second kappa shape index (κ2) is 30.6. The zero-order chi connectivity index (χ0) is 69.3. The minimum Gasteiger partial charge on any atom is -0.286 e. The van der Waals surface area contributed by atoms with Crippen molar-refractivity contribution in [3.8, 4) is 0 Å². The van der Waals surface area contributed by atoms with Crippen molar-refractivity contribution in [3.63, 3.8) is 0 Å². The quantitative estimate of drug-likeness (QED) is 0.0647. The van der Waals surface area contributed by atoms with Gasteiger partial charge >= 0.3 is 0 Å². The van der Waals surface area contributed by atoms with E-state index in [0.29, 0.717) is 49.7 Å². The van der Waals surface area contributed by atoms with Gasteiger partial charge in [-0.25, -0.2) is 22.4 Å². The fraction of sp³-hybridized carbons (Fsp3) is 0.250. The van der Waals surface area contributed by atoms with Crippen LogP contribution in [-0.2, 0) is 227 Å². The van der Waals surface area contributed by atoms with Gasteiger partial charge in [-0.15, -0.1) is 98.4 Å². The average molecular weight is 2260 g/mol. The first-order chi connectivity index (χ1) is 45.8. The number of hydrogen-bond acceptors (Lipinski definition) is 6. The molecular formula is C88H69N3O6W3Y5-8. The van der Waals surface area contributed by atoms with Gasteiger partial charge in [0.05, 0.1) is 11.1 Å². The summed E-state index contributed by atoms with van der Waals surface area (Å²) in [4.78, 5) is 84.4. The van der Waals surface area contributed by atoms with E-state index in [2.05, 4.69) is 129 Å². The maximum atomic E-state index is 13.6. The van der Waals surface area contributed by atoms with E-state index in [1.807, 2.05) is 69.2 Å². The molecule has 0 aliphatic carbocycles. The first-order valence-corrected chi connectivity index (χ1v) is 33.1. The van der Waals surface area contributed by atoms with Crippen LogP contribution in [0.3, 0.4) is 0 Å². The van der Waals surface area contributed by atoms with Gasteiger partial charge in [-0.05, 0) is 121 Å². The van der Waals surface area contributed by atoms with Crippen molar-refractivity contribution in [2.24, 2.45) is 0 Å². The molecule has 0 aromatic heterocycles. The maximum absolute atomic E-state index is 13.6. The molecule has 0 fully saturated rings. The van der Waals surface area contributed by atoms with E-state index in [1.165, 1.54) is 98.2 Å². The summed E-state index contributed by atoms with van der Waals surface area (Å²) in [5.74, 6) is -1.69. The molecule has 3 aliphatic heterocycles. The first-order valence-electron chi connectivity index (χ1n) is 33.1. The fourth-order valence-corrected chi connectivity index (χ4v) is 17.5. The summed E-state index contributed by atoms with van der Waals surface area (Å²) in [5, 5.41) is 25.0. The monoisotopic (exact) mass is 2260 g/mol. The Morgan fingerprint density at radius 1 is 0.229 bits per heavy atom. The summed E-state index contributed by atoms with van der Waals surface area (Å²) in [5.41, 5.74) is 22.9. The second-order valence-electron chi connectivity index (χ2n) is 28.4. The Hall–Kier alpha value is -2.80. The third kappa shape index (κ3) is 11.9. The molecule has 9 nitrogen and oxygen atoms in total. The summed E-state index contributed by atoms with van der Waals surface area (Å²) in [7, 11) is 4.65. The molecule has 17 heteroatoms. The number of nitrogens with zero attached hydrogens (tertiary/aromatic N) is 3. The Bertz CT molecular complexity index is 6370. The van der Waals surface area contributed by atoms with Gasteiger partial charge in [-0.2, -0.15) is 65.0 Å². The number of carbonyl (C=O) groups excluding carboxylic acids is 6. The van der Waals surface area contributed by atoms with E-state index in [4.69, 9.17) is 0 Å². The van der Waals surface area contributed by atoms with Crippen LogP contribution in [0.15, 0.2) is 18.2 Å². The fourth-order valence-electron chi connectivity index (χ4n) is 17.5. The minimum atomic E-state index is -0.321. The molecule has 15 aromatic carbocycles. The number of fused-ring (bicyclic) bond motifs is 6. The van der Waals surface area contributed by atoms with E-state index in [1.54, 1.807) is 14.1 Å². The van der Waals surface area contributed by atoms with Crippen LogP contribution in [0.1, 0.15) is 168 Å². The Morgan fingerprint density at radius 2 is 0.495 bits per heavy atom. The number of imide groups is 3. The van der Waals surface area contributed by atoms with E-state index in [9.17, 15) is 28.8 Å². The summed E-state index contributed by atoms with van der Waals surface area (Å²) < 4.78 is 0. The molecule has 0 spiro atoms. The number of carbonyl (C=O) groups is 6. The van der Waals surface area contributed by atoms with Gasteiger partial charge in [0.2, 0.25) is 11.8 Å². The third-order valence-corrected chi connectivity index (χ3v) is 23.1.